The molecule has 0 spiro atoms. The molecule has 0 saturated heterocycles. The number of imidazole rings is 1. The van der Waals surface area contributed by atoms with Gasteiger partial charge in [-0.1, -0.05) is 12.1 Å². The Kier molecular flexibility index (Phi) is 3.37. The predicted molar refractivity (Wildman–Crippen MR) is 70.9 cm³/mol. The number of carboxylic acids is 1. The van der Waals surface area contributed by atoms with E-state index in [0.29, 0.717) is 5.69 Å². The van der Waals surface area contributed by atoms with Gasteiger partial charge in [0.1, 0.15) is 17.1 Å². The minimum Gasteiger partial charge on any atom is -0.711 e. The predicted octanol–water partition coefficient (Wildman–Crippen LogP) is 1.83. The van der Waals surface area contributed by atoms with Gasteiger partial charge in [-0.05, 0) is 23.8 Å². The average Bonchev–Trinajstić information content (AvgIpc) is 2.64. The van der Waals surface area contributed by atoms with Crippen LogP contribution in [-0.2, 0) is 4.79 Å². The van der Waals surface area contributed by atoms with Gasteiger partial charge >= 0.3 is 5.97 Å². The van der Waals surface area contributed by atoms with Gasteiger partial charge in [-0.3, -0.25) is 0 Å². The van der Waals surface area contributed by atoms with Crippen LogP contribution in [-0.4, -0.2) is 15.6 Å². The molecule has 0 bridgehead atoms. The van der Waals surface area contributed by atoms with Crippen LogP contribution in [0.4, 0.5) is 0 Å². The van der Waals surface area contributed by atoms with Crippen LogP contribution in [0.15, 0.2) is 36.7 Å². The Balaban J connectivity index is 2.43. The lowest BCUT2D eigenvalue weighted by atomic mass is 10.2. The highest BCUT2D eigenvalue weighted by atomic mass is 16.5. The second-order valence-electron chi connectivity index (χ2n) is 4.25. The number of benzene rings is 1. The van der Waals surface area contributed by atoms with E-state index in [1.54, 1.807) is 17.6 Å². The Hall–Kier alpha value is -2.56. The summed E-state index contributed by atoms with van der Waals surface area (Å²) in [6.45, 7) is 3.62. The van der Waals surface area contributed by atoms with Crippen molar-refractivity contribution in [1.29, 1.82) is 0 Å². The zero-order valence-electron chi connectivity index (χ0n) is 10.7. The van der Waals surface area contributed by atoms with Crippen LogP contribution in [0, 0.1) is 19.1 Å². The van der Waals surface area contributed by atoms with Gasteiger partial charge in [-0.15, -0.1) is 0 Å². The first-order valence-corrected chi connectivity index (χ1v) is 5.78. The molecule has 0 amide bonds. The summed E-state index contributed by atoms with van der Waals surface area (Å²) in [5.74, 6) is -0.990. The topological polar surface area (TPSA) is 69.2 Å². The zero-order chi connectivity index (χ0) is 14.0. The molecule has 2 rings (SSSR count). The van der Waals surface area contributed by atoms with Crippen molar-refractivity contribution in [3.8, 4) is 5.69 Å². The lowest BCUT2D eigenvalue weighted by Crippen LogP contribution is -2.26. The van der Waals surface area contributed by atoms with Gasteiger partial charge < -0.3 is 10.3 Å². The fraction of sp³-hybridized carbons (Fsp3) is 0.143. The van der Waals surface area contributed by atoms with Crippen molar-refractivity contribution in [2.24, 2.45) is 0 Å². The fourth-order valence-electron chi connectivity index (χ4n) is 1.82. The monoisotopic (exact) mass is 258 g/mol. The third-order valence-electron chi connectivity index (χ3n) is 3.00. The highest BCUT2D eigenvalue weighted by Crippen LogP contribution is 2.15. The van der Waals surface area contributed by atoms with E-state index in [-0.39, 0.29) is 0 Å². The van der Waals surface area contributed by atoms with Gasteiger partial charge in [0.05, 0.1) is 0 Å². The average molecular weight is 258 g/mol. The van der Waals surface area contributed by atoms with Gasteiger partial charge in [-0.2, -0.15) is 4.57 Å². The van der Waals surface area contributed by atoms with Crippen LogP contribution in [0.2, 0.25) is 0 Å². The Morgan fingerprint density at radius 2 is 2.16 bits per heavy atom. The lowest BCUT2D eigenvalue weighted by molar-refractivity contribution is -0.611. The summed E-state index contributed by atoms with van der Waals surface area (Å²) in [6.07, 6.45) is 4.06. The van der Waals surface area contributed by atoms with Crippen molar-refractivity contribution in [1.82, 2.24) is 4.57 Å². The second-order valence-corrected chi connectivity index (χ2v) is 4.25. The summed E-state index contributed by atoms with van der Waals surface area (Å²) in [6, 6.07) is 7.32. The first-order chi connectivity index (χ1) is 8.99. The molecule has 1 aromatic carbocycles. The molecular weight excluding hydrogens is 244 g/mol. The summed E-state index contributed by atoms with van der Waals surface area (Å²) >= 11 is 0. The van der Waals surface area contributed by atoms with Crippen LogP contribution in [0.5, 0.6) is 0 Å². The number of rotatable bonds is 3. The largest absolute Gasteiger partial charge is 0.711 e. The lowest BCUT2D eigenvalue weighted by Gasteiger charge is -2.00. The van der Waals surface area contributed by atoms with Crippen molar-refractivity contribution < 1.29 is 14.6 Å². The van der Waals surface area contributed by atoms with E-state index in [1.165, 1.54) is 12.4 Å². The van der Waals surface area contributed by atoms with E-state index in [1.807, 2.05) is 25.1 Å². The number of nitrogens with zero attached hydrogens (tertiary/aromatic N) is 2. The quantitative estimate of drug-likeness (QED) is 0.518. The maximum absolute atomic E-state index is 11.5. The van der Waals surface area contributed by atoms with Crippen LogP contribution in [0.1, 0.15) is 17.0 Å². The van der Waals surface area contributed by atoms with Crippen LogP contribution in [0.25, 0.3) is 11.8 Å². The standard InChI is InChI=1S/C14H14N2O3/c1-10-11(2)16(19)9-15(10)13-5-3-4-12(8-13)6-7-14(17)18/h3-9H,1-2H3,(H,17,18)/b7-6+. The molecule has 0 atom stereocenters. The number of hydrogen-bond acceptors (Lipinski definition) is 2. The van der Waals surface area contributed by atoms with E-state index in [9.17, 15) is 10.0 Å². The van der Waals surface area contributed by atoms with Crippen LogP contribution < -0.4 is 4.73 Å². The van der Waals surface area contributed by atoms with Gasteiger partial charge in [0.25, 0.3) is 6.33 Å². The molecule has 98 valence electrons. The van der Waals surface area contributed by atoms with Gasteiger partial charge in [0.15, 0.2) is 0 Å². The number of aromatic nitrogens is 2. The van der Waals surface area contributed by atoms with Crippen LogP contribution in [0.3, 0.4) is 0 Å². The summed E-state index contributed by atoms with van der Waals surface area (Å²) in [4.78, 5) is 10.5. The Labute approximate surface area is 110 Å². The van der Waals surface area contributed by atoms with Crippen molar-refractivity contribution in [2.45, 2.75) is 13.8 Å². The van der Waals surface area contributed by atoms with Crippen molar-refractivity contribution in [3.05, 3.63) is 58.8 Å². The Morgan fingerprint density at radius 3 is 2.74 bits per heavy atom. The Morgan fingerprint density at radius 1 is 1.42 bits per heavy atom. The molecule has 0 radical (unpaired) electrons. The SMILES string of the molecule is Cc1c(C)[n+]([O-])cn1-c1cccc(/C=C/C(=O)O)c1. The maximum Gasteiger partial charge on any atom is 0.328 e. The number of carboxylic acid groups (broad SMARTS) is 1. The van der Waals surface area contributed by atoms with Crippen molar-refractivity contribution in [3.63, 3.8) is 0 Å². The number of hydrogen-bond donors (Lipinski definition) is 1. The van der Waals surface area contributed by atoms with E-state index in [0.717, 1.165) is 27.8 Å². The molecule has 0 aliphatic carbocycles. The van der Waals surface area contributed by atoms with Gasteiger partial charge in [0.2, 0.25) is 0 Å². The molecule has 5 heteroatoms. The number of aliphatic carboxylic acids is 1. The first-order valence-electron chi connectivity index (χ1n) is 5.78. The molecule has 0 aliphatic rings. The van der Waals surface area contributed by atoms with Gasteiger partial charge in [-0.25, -0.2) is 9.52 Å². The molecule has 0 fully saturated rings. The smallest absolute Gasteiger partial charge is 0.328 e. The van der Waals surface area contributed by atoms with Gasteiger partial charge in [0, 0.05) is 19.9 Å². The van der Waals surface area contributed by atoms with Crippen LogP contribution >= 0.6 is 0 Å². The molecule has 1 heterocycles. The first kappa shape index (κ1) is 12.9. The number of carbonyl (C=O) groups is 1. The van der Waals surface area contributed by atoms with E-state index in [2.05, 4.69) is 0 Å². The van der Waals surface area contributed by atoms with E-state index >= 15 is 0 Å². The molecule has 0 saturated carbocycles. The molecule has 19 heavy (non-hydrogen) atoms. The minimum atomic E-state index is -0.990. The molecule has 1 aromatic heterocycles. The Bertz CT molecular complexity index is 657. The maximum atomic E-state index is 11.5. The molecular formula is C14H14N2O3. The second kappa shape index (κ2) is 4.97. The summed E-state index contributed by atoms with van der Waals surface area (Å²) in [5.41, 5.74) is 3.09. The zero-order valence-corrected chi connectivity index (χ0v) is 10.7. The van der Waals surface area contributed by atoms with E-state index in [4.69, 9.17) is 5.11 Å². The molecule has 2 aromatic rings. The third kappa shape index (κ3) is 2.65. The molecule has 0 unspecified atom stereocenters. The normalized spacial score (nSPS) is 11.1. The molecule has 1 N–H and O–H groups in total. The summed E-state index contributed by atoms with van der Waals surface area (Å²) in [7, 11) is 0. The van der Waals surface area contributed by atoms with Crippen molar-refractivity contribution >= 4 is 12.0 Å². The van der Waals surface area contributed by atoms with E-state index < -0.39 is 5.97 Å². The summed E-state index contributed by atoms with van der Waals surface area (Å²) < 4.78 is 2.59. The van der Waals surface area contributed by atoms with Crippen molar-refractivity contribution in [2.75, 3.05) is 0 Å². The third-order valence-corrected chi connectivity index (χ3v) is 3.00. The highest BCUT2D eigenvalue weighted by molar-refractivity contribution is 5.85. The minimum absolute atomic E-state index is 0.645. The molecule has 5 nitrogen and oxygen atoms in total. The molecule has 0 aliphatic heterocycles. The summed E-state index contributed by atoms with van der Waals surface area (Å²) in [5, 5.41) is 20.1. The fourth-order valence-corrected chi connectivity index (χ4v) is 1.82. The highest BCUT2D eigenvalue weighted by Gasteiger charge is 2.13.